The molecule has 0 spiro atoms. The van der Waals surface area contributed by atoms with Gasteiger partial charge in [-0.25, -0.2) is 0 Å². The van der Waals surface area contributed by atoms with Gasteiger partial charge < -0.3 is 9.73 Å². The molecule has 0 bridgehead atoms. The average Bonchev–Trinajstić information content (AvgIpc) is 3.17. The van der Waals surface area contributed by atoms with Crippen molar-refractivity contribution in [2.45, 2.75) is 6.92 Å². The Balaban J connectivity index is 1.71. The van der Waals surface area contributed by atoms with E-state index in [1.165, 1.54) is 24.6 Å². The number of carbonyl (C=O) groups excluding carboxylic acids is 1. The minimum absolute atomic E-state index is 0.0000618. The van der Waals surface area contributed by atoms with Crippen molar-refractivity contribution in [3.63, 3.8) is 0 Å². The molecule has 0 saturated heterocycles. The number of hydrogen-bond donors (Lipinski definition) is 1. The lowest BCUT2D eigenvalue weighted by molar-refractivity contribution is -0.384. The fraction of sp³-hybridized carbons (Fsp3) is 0.0556. The number of aryl methyl sites for hydroxylation is 1. The van der Waals surface area contributed by atoms with Crippen molar-refractivity contribution in [2.75, 3.05) is 5.32 Å². The van der Waals surface area contributed by atoms with Gasteiger partial charge in [0.05, 0.1) is 4.92 Å². The lowest BCUT2D eigenvalue weighted by Crippen LogP contribution is -2.09. The van der Waals surface area contributed by atoms with Gasteiger partial charge in [-0.2, -0.15) is 0 Å². The maximum atomic E-state index is 12.2. The second-order valence-electron chi connectivity index (χ2n) is 5.44. The highest BCUT2D eigenvalue weighted by molar-refractivity contribution is 6.02. The third kappa shape index (κ3) is 3.99. The molecule has 0 atom stereocenters. The van der Waals surface area contributed by atoms with Gasteiger partial charge in [-0.1, -0.05) is 6.07 Å². The molecular formula is C18H14N4O4. The number of anilines is 1. The number of nitrogens with zero attached hydrogens (tertiary/aromatic N) is 3. The van der Waals surface area contributed by atoms with Crippen molar-refractivity contribution in [3.8, 4) is 11.5 Å². The van der Waals surface area contributed by atoms with E-state index in [0.29, 0.717) is 22.7 Å². The van der Waals surface area contributed by atoms with Crippen molar-refractivity contribution in [1.29, 1.82) is 0 Å². The molecule has 2 aromatic carbocycles. The zero-order valence-corrected chi connectivity index (χ0v) is 13.7. The highest BCUT2D eigenvalue weighted by atomic mass is 16.6. The van der Waals surface area contributed by atoms with Crippen LogP contribution in [-0.2, 0) is 4.79 Å². The topological polar surface area (TPSA) is 111 Å². The number of nitrogens with one attached hydrogen (secondary N) is 1. The largest absolute Gasteiger partial charge is 0.423 e. The van der Waals surface area contributed by atoms with Crippen LogP contribution >= 0.6 is 0 Å². The summed E-state index contributed by atoms with van der Waals surface area (Å²) in [6.07, 6.45) is 4.18. The first-order valence-corrected chi connectivity index (χ1v) is 7.63. The summed E-state index contributed by atoms with van der Waals surface area (Å²) >= 11 is 0. The number of hydrogen-bond acceptors (Lipinski definition) is 6. The first kappa shape index (κ1) is 17.0. The van der Waals surface area contributed by atoms with Gasteiger partial charge in [0.2, 0.25) is 18.2 Å². The van der Waals surface area contributed by atoms with E-state index in [2.05, 4.69) is 15.5 Å². The number of rotatable bonds is 5. The van der Waals surface area contributed by atoms with Gasteiger partial charge in [0, 0.05) is 29.5 Å². The van der Waals surface area contributed by atoms with Crippen LogP contribution in [-0.4, -0.2) is 21.0 Å². The molecule has 0 unspecified atom stereocenters. The average molecular weight is 350 g/mol. The molecule has 3 rings (SSSR count). The minimum Gasteiger partial charge on any atom is -0.423 e. The summed E-state index contributed by atoms with van der Waals surface area (Å²) in [6, 6.07) is 11.3. The van der Waals surface area contributed by atoms with Crippen molar-refractivity contribution < 1.29 is 14.1 Å². The maximum Gasteiger partial charge on any atom is 0.269 e. The molecule has 0 aliphatic heterocycles. The molecule has 3 aromatic rings. The van der Waals surface area contributed by atoms with E-state index >= 15 is 0 Å². The SMILES string of the molecule is Cc1ccc(-c2nnco2)cc1NC(=O)/C=C/c1ccc([N+](=O)[O-])cc1. The summed E-state index contributed by atoms with van der Waals surface area (Å²) in [7, 11) is 0. The van der Waals surface area contributed by atoms with Gasteiger partial charge in [-0.3, -0.25) is 14.9 Å². The van der Waals surface area contributed by atoms with E-state index in [9.17, 15) is 14.9 Å². The van der Waals surface area contributed by atoms with Gasteiger partial charge in [-0.15, -0.1) is 10.2 Å². The standard InChI is InChI=1S/C18H14N4O4/c1-12-2-6-14(18-21-19-11-26-18)10-16(12)20-17(23)9-5-13-3-7-15(8-4-13)22(24)25/h2-11H,1H3,(H,20,23)/b9-5+. The van der Waals surface area contributed by atoms with Crippen molar-refractivity contribution in [2.24, 2.45) is 0 Å². The second kappa shape index (κ2) is 7.39. The molecule has 8 heteroatoms. The molecule has 0 radical (unpaired) electrons. The molecule has 26 heavy (non-hydrogen) atoms. The van der Waals surface area contributed by atoms with Gasteiger partial charge in [0.1, 0.15) is 0 Å². The molecule has 0 fully saturated rings. The number of carbonyl (C=O) groups is 1. The zero-order valence-electron chi connectivity index (χ0n) is 13.7. The van der Waals surface area contributed by atoms with Crippen molar-refractivity contribution in [3.05, 3.63) is 76.2 Å². The first-order chi connectivity index (χ1) is 12.5. The van der Waals surface area contributed by atoms with Crippen LogP contribution in [0.1, 0.15) is 11.1 Å². The molecule has 8 nitrogen and oxygen atoms in total. The normalized spacial score (nSPS) is 10.8. The zero-order chi connectivity index (χ0) is 18.5. The summed E-state index contributed by atoms with van der Waals surface area (Å²) in [5.74, 6) is 0.0380. The summed E-state index contributed by atoms with van der Waals surface area (Å²) in [5.41, 5.74) is 2.88. The van der Waals surface area contributed by atoms with Crippen LogP contribution in [0, 0.1) is 17.0 Å². The molecule has 1 amide bonds. The Kier molecular flexibility index (Phi) is 4.84. The van der Waals surface area contributed by atoms with Gasteiger partial charge in [0.25, 0.3) is 5.69 Å². The van der Waals surface area contributed by atoms with Crippen LogP contribution in [0.4, 0.5) is 11.4 Å². The van der Waals surface area contributed by atoms with Crippen LogP contribution in [0.15, 0.2) is 59.4 Å². The third-order valence-corrected chi connectivity index (χ3v) is 3.63. The number of aromatic nitrogens is 2. The molecular weight excluding hydrogens is 336 g/mol. The van der Waals surface area contributed by atoms with Crippen LogP contribution in [0.3, 0.4) is 0 Å². The molecule has 0 aliphatic carbocycles. The fourth-order valence-electron chi connectivity index (χ4n) is 2.24. The van der Waals surface area contributed by atoms with Crippen LogP contribution < -0.4 is 5.32 Å². The first-order valence-electron chi connectivity index (χ1n) is 7.63. The molecule has 1 N–H and O–H groups in total. The Hall–Kier alpha value is -3.81. The van der Waals surface area contributed by atoms with E-state index in [4.69, 9.17) is 4.42 Å². The van der Waals surface area contributed by atoms with Crippen molar-refractivity contribution >= 4 is 23.4 Å². The molecule has 130 valence electrons. The van der Waals surface area contributed by atoms with Crippen molar-refractivity contribution in [1.82, 2.24) is 10.2 Å². The molecule has 1 aromatic heterocycles. The molecule has 0 aliphatic rings. The van der Waals surface area contributed by atoms with E-state index in [1.807, 2.05) is 19.1 Å². The minimum atomic E-state index is -0.473. The summed E-state index contributed by atoms with van der Waals surface area (Å²) in [6.45, 7) is 1.87. The van der Waals surface area contributed by atoms with Gasteiger partial charge in [-0.05, 0) is 48.4 Å². The quantitative estimate of drug-likeness (QED) is 0.427. The Labute approximate surface area is 148 Å². The summed E-state index contributed by atoms with van der Waals surface area (Å²) in [4.78, 5) is 22.3. The van der Waals surface area contributed by atoms with Crippen LogP contribution in [0.25, 0.3) is 17.5 Å². The van der Waals surface area contributed by atoms with Crippen LogP contribution in [0.5, 0.6) is 0 Å². The van der Waals surface area contributed by atoms with Gasteiger partial charge >= 0.3 is 0 Å². The van der Waals surface area contributed by atoms with Crippen LogP contribution in [0.2, 0.25) is 0 Å². The second-order valence-corrected chi connectivity index (χ2v) is 5.44. The van der Waals surface area contributed by atoms with E-state index in [0.717, 1.165) is 5.56 Å². The number of benzene rings is 2. The highest BCUT2D eigenvalue weighted by Gasteiger charge is 2.08. The predicted molar refractivity (Wildman–Crippen MR) is 95.2 cm³/mol. The number of amides is 1. The van der Waals surface area contributed by atoms with E-state index in [-0.39, 0.29) is 11.6 Å². The monoisotopic (exact) mass is 350 g/mol. The Morgan fingerprint density at radius 2 is 2.00 bits per heavy atom. The number of non-ortho nitro benzene ring substituents is 1. The lowest BCUT2D eigenvalue weighted by atomic mass is 10.1. The van der Waals surface area contributed by atoms with E-state index in [1.54, 1.807) is 24.3 Å². The Morgan fingerprint density at radius 1 is 1.23 bits per heavy atom. The fourth-order valence-corrected chi connectivity index (χ4v) is 2.24. The number of nitro benzene ring substituents is 1. The number of nitro groups is 1. The lowest BCUT2D eigenvalue weighted by Gasteiger charge is -2.07. The van der Waals surface area contributed by atoms with Gasteiger partial charge in [0.15, 0.2) is 0 Å². The molecule has 1 heterocycles. The Bertz CT molecular complexity index is 963. The maximum absolute atomic E-state index is 12.2. The molecule has 0 saturated carbocycles. The highest BCUT2D eigenvalue weighted by Crippen LogP contribution is 2.24. The summed E-state index contributed by atoms with van der Waals surface area (Å²) in [5, 5.41) is 20.9. The smallest absolute Gasteiger partial charge is 0.269 e. The predicted octanol–water partition coefficient (Wildman–Crippen LogP) is 3.61. The van der Waals surface area contributed by atoms with E-state index < -0.39 is 4.92 Å². The third-order valence-electron chi connectivity index (χ3n) is 3.63. The summed E-state index contributed by atoms with van der Waals surface area (Å²) < 4.78 is 5.15. The Morgan fingerprint density at radius 3 is 2.65 bits per heavy atom.